The molecule has 4 aromatic carbocycles. The molecule has 0 aliphatic heterocycles. The van der Waals surface area contributed by atoms with Crippen LogP contribution >= 0.6 is 0 Å². The Morgan fingerprint density at radius 1 is 0.450 bits per heavy atom. The molecule has 0 radical (unpaired) electrons. The Morgan fingerprint density at radius 3 is 1.18 bits per heavy atom. The fourth-order valence-corrected chi connectivity index (χ4v) is 4.27. The number of carbonyl (C=O) groups is 2. The average Bonchev–Trinajstić information content (AvgIpc) is 3.00. The van der Waals surface area contributed by atoms with Crippen LogP contribution in [0, 0.1) is 0 Å². The van der Waals surface area contributed by atoms with E-state index in [1.165, 1.54) is 12.1 Å². The van der Waals surface area contributed by atoms with Crippen LogP contribution in [-0.4, -0.2) is 38.6 Å². The van der Waals surface area contributed by atoms with E-state index in [4.69, 9.17) is 9.98 Å². The van der Waals surface area contributed by atoms with Crippen LogP contribution in [0.5, 0.6) is 0 Å². The minimum absolute atomic E-state index is 0.121. The fraction of sp³-hybridized carbons (Fsp3) is 0. The second kappa shape index (κ2) is 11.8. The average molecular weight is 526 g/mol. The Labute approximate surface area is 230 Å². The van der Waals surface area contributed by atoms with Gasteiger partial charge in [0, 0.05) is 22.3 Å². The quantitative estimate of drug-likeness (QED) is 0.216. The molecule has 0 bridgehead atoms. The topological polar surface area (TPSA) is 112 Å². The summed E-state index contributed by atoms with van der Waals surface area (Å²) in [4.78, 5) is 38.2. The number of carboxylic acid groups (broad SMARTS) is 2. The number of nitrogens with zero attached hydrogens (tertiary/aromatic N) is 3. The van der Waals surface area contributed by atoms with E-state index in [9.17, 15) is 19.8 Å². The molecule has 7 heteroatoms. The van der Waals surface area contributed by atoms with Crippen molar-refractivity contribution in [3.05, 3.63) is 161 Å². The molecule has 0 unspecified atom stereocenters. The number of aromatic carboxylic acids is 2. The molecule has 40 heavy (non-hydrogen) atoms. The highest BCUT2D eigenvalue weighted by atomic mass is 16.4. The number of rotatable bonds is 8. The Bertz CT molecular complexity index is 1620. The molecule has 0 fully saturated rings. The summed E-state index contributed by atoms with van der Waals surface area (Å²) >= 11 is 0. The van der Waals surface area contributed by atoms with E-state index in [0.29, 0.717) is 34.2 Å². The van der Waals surface area contributed by atoms with E-state index >= 15 is 0 Å². The second-order valence-electron chi connectivity index (χ2n) is 8.71. The van der Waals surface area contributed by atoms with Gasteiger partial charge >= 0.3 is 11.9 Å². The summed E-state index contributed by atoms with van der Waals surface area (Å²) in [5.74, 6) is -1.48. The zero-order chi connectivity index (χ0) is 27.9. The Balaban J connectivity index is 1.67. The molecule has 1 aromatic heterocycles. The van der Waals surface area contributed by atoms with E-state index in [0.717, 1.165) is 11.1 Å². The van der Waals surface area contributed by atoms with E-state index in [1.54, 1.807) is 54.6 Å². The molecule has 0 amide bonds. The van der Waals surface area contributed by atoms with Crippen LogP contribution in [0.25, 0.3) is 0 Å². The second-order valence-corrected chi connectivity index (χ2v) is 8.71. The molecule has 0 atom stereocenters. The SMILES string of the molecule is O=C(O)c1ccccc1C(=Nc1cccc(N=C(c2ccccc2)c2ccccc2C(=O)O)n1)c1ccccc1. The maximum Gasteiger partial charge on any atom is 0.336 e. The molecular formula is C33H23N3O4. The lowest BCUT2D eigenvalue weighted by Crippen LogP contribution is -2.11. The third-order valence-electron chi connectivity index (χ3n) is 6.09. The summed E-state index contributed by atoms with van der Waals surface area (Å²) in [6, 6.07) is 37.1. The smallest absolute Gasteiger partial charge is 0.336 e. The number of carboxylic acids is 2. The Morgan fingerprint density at radius 2 is 0.800 bits per heavy atom. The van der Waals surface area contributed by atoms with Crippen molar-refractivity contribution in [1.29, 1.82) is 0 Å². The first-order valence-corrected chi connectivity index (χ1v) is 12.4. The maximum absolute atomic E-state index is 12.0. The largest absolute Gasteiger partial charge is 0.478 e. The number of benzene rings is 4. The van der Waals surface area contributed by atoms with Crippen molar-refractivity contribution < 1.29 is 19.8 Å². The van der Waals surface area contributed by atoms with E-state index < -0.39 is 11.9 Å². The van der Waals surface area contributed by atoms with Gasteiger partial charge in [0.05, 0.1) is 22.6 Å². The molecular weight excluding hydrogens is 502 g/mol. The van der Waals surface area contributed by atoms with Crippen molar-refractivity contribution in [3.63, 3.8) is 0 Å². The van der Waals surface area contributed by atoms with Gasteiger partial charge in [-0.3, -0.25) is 0 Å². The standard InChI is InChI=1S/C33H23N3O4/c37-32(38)26-18-9-7-16-24(26)30(22-12-3-1-4-13-22)35-28-20-11-21-29(34-28)36-31(23-14-5-2-6-15-23)25-17-8-10-19-27(25)33(39)40/h1-21H,(H,37,38)(H,39,40). The summed E-state index contributed by atoms with van der Waals surface area (Å²) in [7, 11) is 0. The van der Waals surface area contributed by atoms with Gasteiger partial charge in [-0.2, -0.15) is 0 Å². The summed E-state index contributed by atoms with van der Waals surface area (Å²) in [5.41, 5.74) is 3.51. The van der Waals surface area contributed by atoms with Gasteiger partial charge in [-0.1, -0.05) is 103 Å². The maximum atomic E-state index is 12.0. The van der Waals surface area contributed by atoms with Gasteiger partial charge < -0.3 is 10.2 Å². The van der Waals surface area contributed by atoms with Gasteiger partial charge in [0.25, 0.3) is 0 Å². The number of aliphatic imine (C=N–C) groups is 2. The lowest BCUT2D eigenvalue weighted by molar-refractivity contribution is 0.0686. The van der Waals surface area contributed by atoms with E-state index in [1.807, 2.05) is 60.7 Å². The van der Waals surface area contributed by atoms with Crippen molar-refractivity contribution in [2.24, 2.45) is 9.98 Å². The highest BCUT2D eigenvalue weighted by molar-refractivity contribution is 6.19. The highest BCUT2D eigenvalue weighted by Crippen LogP contribution is 2.24. The van der Waals surface area contributed by atoms with Gasteiger partial charge in [-0.05, 0) is 24.3 Å². The summed E-state index contributed by atoms with van der Waals surface area (Å²) in [6.07, 6.45) is 0. The number of hydrogen-bond donors (Lipinski definition) is 2. The van der Waals surface area contributed by atoms with Crippen molar-refractivity contribution in [2.45, 2.75) is 0 Å². The number of pyridine rings is 1. The van der Waals surface area contributed by atoms with Gasteiger partial charge in [0.15, 0.2) is 11.6 Å². The zero-order valence-corrected chi connectivity index (χ0v) is 21.2. The molecule has 5 rings (SSSR count). The molecule has 0 aliphatic rings. The Hall–Kier alpha value is -5.69. The summed E-state index contributed by atoms with van der Waals surface area (Å²) in [5, 5.41) is 19.6. The monoisotopic (exact) mass is 525 g/mol. The number of aromatic nitrogens is 1. The van der Waals surface area contributed by atoms with E-state index in [-0.39, 0.29) is 11.1 Å². The summed E-state index contributed by atoms with van der Waals surface area (Å²) in [6.45, 7) is 0. The Kier molecular flexibility index (Phi) is 7.64. The molecule has 0 saturated carbocycles. The summed E-state index contributed by atoms with van der Waals surface area (Å²) < 4.78 is 0. The van der Waals surface area contributed by atoms with Crippen LogP contribution < -0.4 is 0 Å². The van der Waals surface area contributed by atoms with Gasteiger partial charge in [-0.15, -0.1) is 0 Å². The van der Waals surface area contributed by atoms with Crippen molar-refractivity contribution in [2.75, 3.05) is 0 Å². The predicted molar refractivity (Wildman–Crippen MR) is 155 cm³/mol. The van der Waals surface area contributed by atoms with Crippen LogP contribution in [0.2, 0.25) is 0 Å². The van der Waals surface area contributed by atoms with Crippen LogP contribution in [0.4, 0.5) is 11.6 Å². The van der Waals surface area contributed by atoms with Crippen molar-refractivity contribution >= 4 is 35.0 Å². The minimum Gasteiger partial charge on any atom is -0.478 e. The molecule has 5 aromatic rings. The zero-order valence-electron chi connectivity index (χ0n) is 21.2. The molecule has 2 N–H and O–H groups in total. The van der Waals surface area contributed by atoms with Crippen molar-refractivity contribution in [1.82, 2.24) is 4.98 Å². The highest BCUT2D eigenvalue weighted by Gasteiger charge is 2.18. The number of hydrogen-bond acceptors (Lipinski definition) is 5. The third kappa shape index (κ3) is 5.74. The van der Waals surface area contributed by atoms with Gasteiger partial charge in [-0.25, -0.2) is 24.6 Å². The lowest BCUT2D eigenvalue weighted by Gasteiger charge is -2.11. The first-order valence-electron chi connectivity index (χ1n) is 12.4. The van der Waals surface area contributed by atoms with Crippen LogP contribution in [0.3, 0.4) is 0 Å². The first-order chi connectivity index (χ1) is 19.5. The molecule has 194 valence electrons. The van der Waals surface area contributed by atoms with Crippen LogP contribution in [0.15, 0.2) is 137 Å². The van der Waals surface area contributed by atoms with Crippen LogP contribution in [0.1, 0.15) is 43.0 Å². The third-order valence-corrected chi connectivity index (χ3v) is 6.09. The predicted octanol–water partition coefficient (Wildman–Crippen LogP) is 6.82. The lowest BCUT2D eigenvalue weighted by atomic mass is 9.97. The van der Waals surface area contributed by atoms with Crippen molar-refractivity contribution in [3.8, 4) is 0 Å². The van der Waals surface area contributed by atoms with E-state index in [2.05, 4.69) is 4.98 Å². The minimum atomic E-state index is -1.06. The molecule has 1 heterocycles. The van der Waals surface area contributed by atoms with Gasteiger partial charge in [0.2, 0.25) is 0 Å². The van der Waals surface area contributed by atoms with Gasteiger partial charge in [0.1, 0.15) is 0 Å². The molecule has 0 saturated heterocycles. The normalized spacial score (nSPS) is 11.7. The van der Waals surface area contributed by atoms with Crippen LogP contribution in [-0.2, 0) is 0 Å². The molecule has 7 nitrogen and oxygen atoms in total. The fourth-order valence-electron chi connectivity index (χ4n) is 4.27. The molecule has 0 spiro atoms. The first kappa shape index (κ1) is 25.9. The molecule has 0 aliphatic carbocycles.